The molecule has 0 aromatic heterocycles. The Morgan fingerprint density at radius 2 is 1.41 bits per heavy atom. The van der Waals surface area contributed by atoms with Crippen LogP contribution in [0.25, 0.3) is 0 Å². The lowest BCUT2D eigenvalue weighted by atomic mass is 9.26. The minimum atomic E-state index is 0.237. The van der Waals surface area contributed by atoms with Gasteiger partial charge in [0.2, 0.25) is 0 Å². The molecule has 0 radical (unpaired) electrons. The Balaban J connectivity index is 1.76. The minimum Gasteiger partial charge on any atom is -0.325 e. The maximum atomic E-state index is 6.75. The monoisotopic (exact) mass is 231 g/mol. The van der Waals surface area contributed by atoms with E-state index in [1.54, 1.807) is 19.3 Å². The number of hydrogen-bond acceptors (Lipinski definition) is 1. The highest BCUT2D eigenvalue weighted by Gasteiger charge is 2.74. The second-order valence-corrected chi connectivity index (χ2v) is 8.93. The summed E-state index contributed by atoms with van der Waals surface area (Å²) in [6.45, 7) is 5.25. The van der Waals surface area contributed by atoms with Crippen molar-refractivity contribution >= 4 is 0 Å². The third kappa shape index (κ3) is 0.837. The zero-order valence-corrected chi connectivity index (χ0v) is 11.2. The molecule has 4 unspecified atom stereocenters. The normalized spacial score (nSPS) is 74.6. The van der Waals surface area contributed by atoms with Crippen LogP contribution in [0.3, 0.4) is 0 Å². The molecule has 1 heteroatoms. The van der Waals surface area contributed by atoms with Gasteiger partial charge in [-0.25, -0.2) is 0 Å². The largest absolute Gasteiger partial charge is 0.325 e. The Morgan fingerprint density at radius 1 is 0.824 bits per heavy atom. The summed E-state index contributed by atoms with van der Waals surface area (Å²) in [5, 5.41) is 0. The zero-order valence-electron chi connectivity index (χ0n) is 11.2. The van der Waals surface area contributed by atoms with Gasteiger partial charge >= 0.3 is 0 Å². The molecule has 8 bridgehead atoms. The van der Waals surface area contributed by atoms with Gasteiger partial charge in [0.15, 0.2) is 0 Å². The molecule has 1 nitrogen and oxygen atoms in total. The lowest BCUT2D eigenvalue weighted by Gasteiger charge is -2.79. The van der Waals surface area contributed by atoms with Crippen LogP contribution < -0.4 is 5.73 Å². The van der Waals surface area contributed by atoms with Crippen LogP contribution in [0.15, 0.2) is 0 Å². The molecule has 17 heavy (non-hydrogen) atoms. The van der Waals surface area contributed by atoms with Gasteiger partial charge in [0.05, 0.1) is 0 Å². The van der Waals surface area contributed by atoms with Gasteiger partial charge in [-0.3, -0.25) is 0 Å². The van der Waals surface area contributed by atoms with Gasteiger partial charge in [-0.15, -0.1) is 0 Å². The zero-order chi connectivity index (χ0) is 11.6. The SMILES string of the molecule is CC12CC3C[C@@H]4[C@H]1CC1(N)C[C@H]2[C@H](C3)C4(C)C1. The standard InChI is InChI=1S/C16H25N/c1-14-5-9-3-10-12(14)6-16(17)7-13(14)11(4-9)15(10,2)8-16/h9-13H,3-8,17H2,1-2H3/t9?,10-,11+,12-,13+,14?,15?,16?. The molecular formula is C16H25N. The molecular weight excluding hydrogens is 206 g/mol. The topological polar surface area (TPSA) is 26.0 Å². The summed E-state index contributed by atoms with van der Waals surface area (Å²) in [5.41, 5.74) is 8.31. The van der Waals surface area contributed by atoms with E-state index in [0.717, 1.165) is 29.6 Å². The average molecular weight is 231 g/mol. The van der Waals surface area contributed by atoms with Gasteiger partial charge in [-0.2, -0.15) is 0 Å². The first kappa shape index (κ1) is 9.83. The molecule has 0 amide bonds. The second-order valence-electron chi connectivity index (χ2n) is 8.93. The first-order chi connectivity index (χ1) is 7.95. The van der Waals surface area contributed by atoms with Gasteiger partial charge in [-0.05, 0) is 78.9 Å². The molecule has 7 fully saturated rings. The second kappa shape index (κ2) is 2.35. The highest BCUT2D eigenvalue weighted by Crippen LogP contribution is 2.79. The van der Waals surface area contributed by atoms with Gasteiger partial charge in [-0.1, -0.05) is 13.8 Å². The molecule has 8 atom stereocenters. The molecule has 0 spiro atoms. The highest BCUT2D eigenvalue weighted by atomic mass is 14.9. The smallest absolute Gasteiger partial charge is 0.0165 e. The predicted octanol–water partition coefficient (Wildman–Crippen LogP) is 3.19. The van der Waals surface area contributed by atoms with E-state index in [1.807, 2.05) is 0 Å². The van der Waals surface area contributed by atoms with Crippen molar-refractivity contribution in [1.29, 1.82) is 0 Å². The Labute approximate surface area is 105 Å². The van der Waals surface area contributed by atoms with Crippen molar-refractivity contribution in [2.24, 2.45) is 46.2 Å². The first-order valence-electron chi connectivity index (χ1n) is 7.74. The Bertz CT molecular complexity index is 388. The van der Waals surface area contributed by atoms with E-state index < -0.39 is 0 Å². The highest BCUT2D eigenvalue weighted by molar-refractivity contribution is 5.25. The third-order valence-corrected chi connectivity index (χ3v) is 8.25. The predicted molar refractivity (Wildman–Crippen MR) is 68.3 cm³/mol. The van der Waals surface area contributed by atoms with Crippen LogP contribution in [-0.2, 0) is 0 Å². The number of rotatable bonds is 0. The van der Waals surface area contributed by atoms with Crippen molar-refractivity contribution in [2.75, 3.05) is 0 Å². The fourth-order valence-corrected chi connectivity index (χ4v) is 8.04. The van der Waals surface area contributed by atoms with Crippen LogP contribution in [0, 0.1) is 40.4 Å². The molecule has 0 aliphatic heterocycles. The summed E-state index contributed by atoms with van der Waals surface area (Å²) in [6.07, 6.45) is 8.72. The summed E-state index contributed by atoms with van der Waals surface area (Å²) in [6, 6.07) is 0. The van der Waals surface area contributed by atoms with Crippen molar-refractivity contribution in [3.63, 3.8) is 0 Å². The van der Waals surface area contributed by atoms with Crippen LogP contribution in [0.2, 0.25) is 0 Å². The molecule has 7 saturated carbocycles. The van der Waals surface area contributed by atoms with Crippen LogP contribution in [-0.4, -0.2) is 5.54 Å². The van der Waals surface area contributed by atoms with Gasteiger partial charge in [0.25, 0.3) is 0 Å². The molecule has 2 N–H and O–H groups in total. The van der Waals surface area contributed by atoms with E-state index in [-0.39, 0.29) is 5.54 Å². The van der Waals surface area contributed by atoms with Crippen LogP contribution >= 0.6 is 0 Å². The fraction of sp³-hybridized carbons (Fsp3) is 1.00. The summed E-state index contributed by atoms with van der Waals surface area (Å²) >= 11 is 0. The van der Waals surface area contributed by atoms with Gasteiger partial charge in [0.1, 0.15) is 0 Å². The first-order valence-corrected chi connectivity index (χ1v) is 7.74. The van der Waals surface area contributed by atoms with Crippen molar-refractivity contribution < 1.29 is 0 Å². The molecule has 7 aliphatic carbocycles. The summed E-state index contributed by atoms with van der Waals surface area (Å²) < 4.78 is 0. The lowest BCUT2D eigenvalue weighted by molar-refractivity contribution is -0.291. The molecule has 0 heterocycles. The summed E-state index contributed by atoms with van der Waals surface area (Å²) in [7, 11) is 0. The van der Waals surface area contributed by atoms with E-state index in [0.29, 0.717) is 10.8 Å². The Hall–Kier alpha value is -0.0400. The quantitative estimate of drug-likeness (QED) is 0.681. The van der Waals surface area contributed by atoms with Crippen molar-refractivity contribution in [3.05, 3.63) is 0 Å². The van der Waals surface area contributed by atoms with E-state index >= 15 is 0 Å². The van der Waals surface area contributed by atoms with Crippen LogP contribution in [0.5, 0.6) is 0 Å². The van der Waals surface area contributed by atoms with E-state index in [1.165, 1.54) is 19.3 Å². The fourth-order valence-electron chi connectivity index (χ4n) is 8.04. The maximum absolute atomic E-state index is 6.75. The van der Waals surface area contributed by atoms with Crippen LogP contribution in [0.1, 0.15) is 52.4 Å². The summed E-state index contributed by atoms with van der Waals surface area (Å²) in [4.78, 5) is 0. The van der Waals surface area contributed by atoms with Gasteiger partial charge < -0.3 is 5.73 Å². The molecule has 0 aromatic rings. The van der Waals surface area contributed by atoms with Crippen molar-refractivity contribution in [3.8, 4) is 0 Å². The van der Waals surface area contributed by atoms with E-state index in [2.05, 4.69) is 13.8 Å². The van der Waals surface area contributed by atoms with Crippen molar-refractivity contribution in [2.45, 2.75) is 57.9 Å². The summed E-state index contributed by atoms with van der Waals surface area (Å²) in [5.74, 6) is 5.13. The van der Waals surface area contributed by atoms with Gasteiger partial charge in [0, 0.05) is 5.54 Å². The van der Waals surface area contributed by atoms with Crippen molar-refractivity contribution in [1.82, 2.24) is 0 Å². The third-order valence-electron chi connectivity index (χ3n) is 8.25. The molecule has 0 aromatic carbocycles. The number of nitrogens with two attached hydrogens (primary N) is 1. The maximum Gasteiger partial charge on any atom is 0.0165 e. The molecule has 94 valence electrons. The molecule has 0 saturated heterocycles. The number of hydrogen-bond donors (Lipinski definition) is 1. The van der Waals surface area contributed by atoms with Crippen LogP contribution in [0.4, 0.5) is 0 Å². The molecule has 7 rings (SSSR count). The average Bonchev–Trinajstić information content (AvgIpc) is 2.24. The lowest BCUT2D eigenvalue weighted by Crippen LogP contribution is -2.76. The minimum absolute atomic E-state index is 0.237. The van der Waals surface area contributed by atoms with E-state index in [4.69, 9.17) is 5.73 Å². The van der Waals surface area contributed by atoms with E-state index in [9.17, 15) is 0 Å². The Kier molecular flexibility index (Phi) is 1.36. The molecule has 7 aliphatic rings. The Morgan fingerprint density at radius 3 is 2.00 bits per heavy atom.